The average molecular weight is 429 g/mol. The van der Waals surface area contributed by atoms with Gasteiger partial charge in [0.15, 0.2) is 5.82 Å². The highest BCUT2D eigenvalue weighted by Gasteiger charge is 2.20. The number of benzene rings is 2. The number of nitrogens with zero attached hydrogens (tertiary/aromatic N) is 3. The van der Waals surface area contributed by atoms with Crippen molar-refractivity contribution in [2.75, 3.05) is 32.0 Å². The van der Waals surface area contributed by atoms with Gasteiger partial charge in [-0.25, -0.2) is 0 Å². The van der Waals surface area contributed by atoms with Crippen LogP contribution in [-0.2, 0) is 16.0 Å². The molecule has 8 heteroatoms. The topological polar surface area (TPSA) is 106 Å². The Bertz CT molecular complexity index is 1230. The SMILES string of the molecule is Nc1n[nH]c2cc(CC(=O)N3CCOCC3)nc(-c3ccc(Oc4ccccc4)cc3)c12. The van der Waals surface area contributed by atoms with Crippen molar-refractivity contribution in [2.45, 2.75) is 6.42 Å². The first-order valence-corrected chi connectivity index (χ1v) is 10.5. The smallest absolute Gasteiger partial charge is 0.228 e. The van der Waals surface area contributed by atoms with Crippen LogP contribution in [0.5, 0.6) is 11.5 Å². The normalized spacial score (nSPS) is 13.9. The van der Waals surface area contributed by atoms with Crippen LogP contribution in [0.15, 0.2) is 60.7 Å². The van der Waals surface area contributed by atoms with Gasteiger partial charge in [0.25, 0.3) is 0 Å². The zero-order chi connectivity index (χ0) is 21.9. The molecular weight excluding hydrogens is 406 g/mol. The first kappa shape index (κ1) is 20.0. The number of H-pyrrole nitrogens is 1. The molecule has 162 valence electrons. The Morgan fingerprint density at radius 2 is 1.78 bits per heavy atom. The van der Waals surface area contributed by atoms with Crippen molar-refractivity contribution < 1.29 is 14.3 Å². The number of pyridine rings is 1. The zero-order valence-corrected chi connectivity index (χ0v) is 17.5. The minimum absolute atomic E-state index is 0.0326. The monoisotopic (exact) mass is 429 g/mol. The van der Waals surface area contributed by atoms with Gasteiger partial charge in [0.2, 0.25) is 5.91 Å². The van der Waals surface area contributed by atoms with E-state index in [0.717, 1.165) is 28.0 Å². The number of rotatable bonds is 5. The van der Waals surface area contributed by atoms with Crippen LogP contribution in [0, 0.1) is 0 Å². The second kappa shape index (κ2) is 8.68. The number of carbonyl (C=O) groups is 1. The number of aromatic amines is 1. The number of nitrogens with one attached hydrogen (secondary N) is 1. The standard InChI is InChI=1S/C24H23N5O3/c25-24-22-20(27-28-24)14-17(15-21(30)29-10-12-31-13-11-29)26-23(22)16-6-8-19(9-7-16)32-18-4-2-1-3-5-18/h1-9,14H,10-13,15H2,(H3,25,27,28). The van der Waals surface area contributed by atoms with E-state index in [4.69, 9.17) is 20.2 Å². The first-order valence-electron chi connectivity index (χ1n) is 10.5. The van der Waals surface area contributed by atoms with Crippen LogP contribution in [0.2, 0.25) is 0 Å². The van der Waals surface area contributed by atoms with Crippen molar-refractivity contribution >= 4 is 22.6 Å². The van der Waals surface area contributed by atoms with Crippen molar-refractivity contribution in [1.29, 1.82) is 0 Å². The molecule has 0 atom stereocenters. The fraction of sp³-hybridized carbons (Fsp3) is 0.208. The highest BCUT2D eigenvalue weighted by atomic mass is 16.5. The molecular formula is C24H23N5O3. The van der Waals surface area contributed by atoms with Gasteiger partial charge in [0, 0.05) is 18.7 Å². The first-order chi connectivity index (χ1) is 15.7. The molecule has 1 saturated heterocycles. The predicted octanol–water partition coefficient (Wildman–Crippen LogP) is 3.40. The maximum Gasteiger partial charge on any atom is 0.228 e. The predicted molar refractivity (Wildman–Crippen MR) is 121 cm³/mol. The number of hydrogen-bond donors (Lipinski definition) is 2. The highest BCUT2D eigenvalue weighted by Crippen LogP contribution is 2.32. The van der Waals surface area contributed by atoms with Crippen molar-refractivity contribution in [3.05, 3.63) is 66.4 Å². The number of nitrogen functional groups attached to an aromatic ring is 1. The minimum Gasteiger partial charge on any atom is -0.457 e. The van der Waals surface area contributed by atoms with Gasteiger partial charge in [-0.05, 0) is 42.5 Å². The molecule has 0 saturated carbocycles. The van der Waals surface area contributed by atoms with E-state index in [0.29, 0.717) is 43.5 Å². The van der Waals surface area contributed by atoms with Crippen LogP contribution >= 0.6 is 0 Å². The molecule has 32 heavy (non-hydrogen) atoms. The summed E-state index contributed by atoms with van der Waals surface area (Å²) in [5.74, 6) is 1.89. The third-order valence-corrected chi connectivity index (χ3v) is 5.43. The molecule has 2 aromatic heterocycles. The van der Waals surface area contributed by atoms with E-state index in [9.17, 15) is 4.79 Å². The second-order valence-corrected chi connectivity index (χ2v) is 7.60. The lowest BCUT2D eigenvalue weighted by Gasteiger charge is -2.26. The van der Waals surface area contributed by atoms with E-state index in [1.165, 1.54) is 0 Å². The number of nitrogens with two attached hydrogens (primary N) is 1. The maximum absolute atomic E-state index is 12.7. The Balaban J connectivity index is 1.44. The van der Waals surface area contributed by atoms with E-state index in [1.807, 2.05) is 65.6 Å². The third kappa shape index (κ3) is 4.13. The van der Waals surface area contributed by atoms with E-state index in [1.54, 1.807) is 0 Å². The van der Waals surface area contributed by atoms with Gasteiger partial charge in [-0.15, -0.1) is 0 Å². The van der Waals surface area contributed by atoms with Gasteiger partial charge in [-0.1, -0.05) is 18.2 Å². The van der Waals surface area contributed by atoms with E-state index >= 15 is 0 Å². The Morgan fingerprint density at radius 3 is 2.53 bits per heavy atom. The maximum atomic E-state index is 12.7. The summed E-state index contributed by atoms with van der Waals surface area (Å²) in [7, 11) is 0. The van der Waals surface area contributed by atoms with Crippen molar-refractivity contribution in [1.82, 2.24) is 20.1 Å². The number of anilines is 1. The molecule has 1 fully saturated rings. The summed E-state index contributed by atoms with van der Waals surface area (Å²) in [4.78, 5) is 19.3. The van der Waals surface area contributed by atoms with Crippen LogP contribution in [0.1, 0.15) is 5.69 Å². The molecule has 0 bridgehead atoms. The van der Waals surface area contributed by atoms with Gasteiger partial charge in [-0.3, -0.25) is 14.9 Å². The molecule has 3 N–H and O–H groups in total. The molecule has 3 heterocycles. The number of morpholine rings is 1. The largest absolute Gasteiger partial charge is 0.457 e. The van der Waals surface area contributed by atoms with Crippen molar-refractivity contribution in [3.8, 4) is 22.8 Å². The fourth-order valence-electron chi connectivity index (χ4n) is 3.81. The van der Waals surface area contributed by atoms with Crippen LogP contribution in [0.3, 0.4) is 0 Å². The van der Waals surface area contributed by atoms with Gasteiger partial charge in [0.1, 0.15) is 11.5 Å². The van der Waals surface area contributed by atoms with Gasteiger partial charge in [-0.2, -0.15) is 5.10 Å². The Hall–Kier alpha value is -3.91. The summed E-state index contributed by atoms with van der Waals surface area (Å²) in [6, 6.07) is 19.1. The molecule has 0 spiro atoms. The molecule has 0 unspecified atom stereocenters. The minimum atomic E-state index is 0.0326. The van der Waals surface area contributed by atoms with Gasteiger partial charge >= 0.3 is 0 Å². The van der Waals surface area contributed by atoms with E-state index in [2.05, 4.69) is 10.2 Å². The number of aromatic nitrogens is 3. The fourth-order valence-corrected chi connectivity index (χ4v) is 3.81. The van der Waals surface area contributed by atoms with Crippen molar-refractivity contribution in [3.63, 3.8) is 0 Å². The zero-order valence-electron chi connectivity index (χ0n) is 17.5. The van der Waals surface area contributed by atoms with Gasteiger partial charge < -0.3 is 20.1 Å². The van der Waals surface area contributed by atoms with Gasteiger partial charge in [0.05, 0.1) is 41.9 Å². The molecule has 1 amide bonds. The molecule has 4 aromatic rings. The van der Waals surface area contributed by atoms with Crippen LogP contribution in [-0.4, -0.2) is 52.3 Å². The number of hydrogen-bond acceptors (Lipinski definition) is 6. The summed E-state index contributed by atoms with van der Waals surface area (Å²) in [5.41, 5.74) is 9.08. The molecule has 2 aromatic carbocycles. The van der Waals surface area contributed by atoms with Crippen molar-refractivity contribution in [2.24, 2.45) is 0 Å². The molecule has 0 radical (unpaired) electrons. The lowest BCUT2D eigenvalue weighted by molar-refractivity contribution is -0.134. The lowest BCUT2D eigenvalue weighted by atomic mass is 10.1. The van der Waals surface area contributed by atoms with E-state index in [-0.39, 0.29) is 12.3 Å². The molecule has 0 aliphatic carbocycles. The molecule has 1 aliphatic rings. The third-order valence-electron chi connectivity index (χ3n) is 5.43. The molecule has 1 aliphatic heterocycles. The Morgan fingerprint density at radius 1 is 1.06 bits per heavy atom. The number of para-hydroxylation sites is 1. The van der Waals surface area contributed by atoms with E-state index < -0.39 is 0 Å². The van der Waals surface area contributed by atoms with Crippen LogP contribution < -0.4 is 10.5 Å². The molecule has 5 rings (SSSR count). The number of amides is 1. The highest BCUT2D eigenvalue weighted by molar-refractivity contribution is 6.00. The quantitative estimate of drug-likeness (QED) is 0.504. The Labute approximate surface area is 185 Å². The van der Waals surface area contributed by atoms with Crippen LogP contribution in [0.25, 0.3) is 22.2 Å². The number of ether oxygens (including phenoxy) is 2. The average Bonchev–Trinajstić information content (AvgIpc) is 3.21. The number of carbonyl (C=O) groups excluding carboxylic acids is 1. The summed E-state index contributed by atoms with van der Waals surface area (Å²) in [6.07, 6.45) is 0.205. The second-order valence-electron chi connectivity index (χ2n) is 7.60. The number of fused-ring (bicyclic) bond motifs is 1. The molecule has 8 nitrogen and oxygen atoms in total. The summed E-state index contributed by atoms with van der Waals surface area (Å²) in [6.45, 7) is 2.34. The Kier molecular flexibility index (Phi) is 5.43. The van der Waals surface area contributed by atoms with Crippen LogP contribution in [0.4, 0.5) is 5.82 Å². The lowest BCUT2D eigenvalue weighted by Crippen LogP contribution is -2.41. The summed E-state index contributed by atoms with van der Waals surface area (Å²) >= 11 is 0. The summed E-state index contributed by atoms with van der Waals surface area (Å²) < 4.78 is 11.2. The summed E-state index contributed by atoms with van der Waals surface area (Å²) in [5, 5.41) is 7.83.